The van der Waals surface area contributed by atoms with E-state index >= 15 is 0 Å². The first kappa shape index (κ1) is 20.7. The van der Waals surface area contributed by atoms with Crippen LogP contribution in [0.15, 0.2) is 36.4 Å². The van der Waals surface area contributed by atoms with E-state index in [1.165, 1.54) is 26.4 Å². The molecule has 2 aromatic carbocycles. The molecule has 1 amide bonds. The van der Waals surface area contributed by atoms with Crippen molar-refractivity contribution in [1.29, 1.82) is 0 Å². The van der Waals surface area contributed by atoms with Gasteiger partial charge in [-0.2, -0.15) is 0 Å². The fraction of sp³-hybridized carbons (Fsp3) is 0.263. The van der Waals surface area contributed by atoms with Gasteiger partial charge in [0, 0.05) is 17.2 Å². The zero-order valence-corrected chi connectivity index (χ0v) is 15.6. The van der Waals surface area contributed by atoms with Gasteiger partial charge in [-0.15, -0.1) is 0 Å². The lowest BCUT2D eigenvalue weighted by Crippen LogP contribution is -2.30. The van der Waals surface area contributed by atoms with Crippen molar-refractivity contribution in [3.8, 4) is 11.5 Å². The molecule has 0 bridgehead atoms. The summed E-state index contributed by atoms with van der Waals surface area (Å²) in [4.78, 5) is 34.4. The van der Waals surface area contributed by atoms with Crippen LogP contribution in [0.1, 0.15) is 33.9 Å². The number of nitrogens with one attached hydrogen (secondary N) is 1. The van der Waals surface area contributed by atoms with E-state index in [9.17, 15) is 24.8 Å². The number of carbonyl (C=O) groups is 2. The molecule has 0 saturated carbocycles. The lowest BCUT2D eigenvalue weighted by molar-refractivity contribution is -0.385. The van der Waals surface area contributed by atoms with Crippen molar-refractivity contribution in [1.82, 2.24) is 5.32 Å². The topological polar surface area (TPSA) is 128 Å². The maximum absolute atomic E-state index is 12.6. The maximum atomic E-state index is 12.6. The van der Waals surface area contributed by atoms with Gasteiger partial charge in [-0.05, 0) is 30.7 Å². The highest BCUT2D eigenvalue weighted by Crippen LogP contribution is 2.31. The van der Waals surface area contributed by atoms with E-state index < -0.39 is 22.8 Å². The van der Waals surface area contributed by atoms with Crippen molar-refractivity contribution in [2.24, 2.45) is 0 Å². The number of hydrogen-bond acceptors (Lipinski definition) is 6. The Hall–Kier alpha value is -3.62. The van der Waals surface area contributed by atoms with E-state index in [1.54, 1.807) is 25.1 Å². The second kappa shape index (κ2) is 8.85. The van der Waals surface area contributed by atoms with E-state index in [0.717, 1.165) is 6.07 Å². The van der Waals surface area contributed by atoms with Crippen molar-refractivity contribution in [3.63, 3.8) is 0 Å². The molecular weight excluding hydrogens is 368 g/mol. The van der Waals surface area contributed by atoms with Crippen LogP contribution in [0.4, 0.5) is 5.69 Å². The number of carboxylic acids is 1. The molecule has 2 N–H and O–H groups in total. The second-order valence-corrected chi connectivity index (χ2v) is 6.00. The van der Waals surface area contributed by atoms with Crippen LogP contribution in [-0.2, 0) is 4.79 Å². The highest BCUT2D eigenvalue weighted by Gasteiger charge is 2.22. The van der Waals surface area contributed by atoms with Crippen molar-refractivity contribution in [2.75, 3.05) is 14.2 Å². The number of hydrogen-bond donors (Lipinski definition) is 2. The van der Waals surface area contributed by atoms with Gasteiger partial charge in [0.25, 0.3) is 11.6 Å². The molecule has 2 aromatic rings. The molecule has 2 rings (SSSR count). The molecule has 0 aromatic heterocycles. The normalized spacial score (nSPS) is 11.4. The molecule has 0 aliphatic heterocycles. The van der Waals surface area contributed by atoms with Crippen LogP contribution in [-0.4, -0.2) is 36.1 Å². The van der Waals surface area contributed by atoms with Crippen LogP contribution in [0.25, 0.3) is 0 Å². The van der Waals surface area contributed by atoms with Gasteiger partial charge in [-0.1, -0.05) is 12.1 Å². The summed E-state index contributed by atoms with van der Waals surface area (Å²) in [7, 11) is 2.91. The number of carbonyl (C=O) groups excluding carboxylic acids is 1. The first-order valence-electron chi connectivity index (χ1n) is 8.26. The van der Waals surface area contributed by atoms with Gasteiger partial charge in [-0.3, -0.25) is 19.7 Å². The third kappa shape index (κ3) is 4.76. The Morgan fingerprint density at radius 1 is 1.14 bits per heavy atom. The van der Waals surface area contributed by atoms with Crippen LogP contribution >= 0.6 is 0 Å². The van der Waals surface area contributed by atoms with Crippen molar-refractivity contribution in [2.45, 2.75) is 19.4 Å². The summed E-state index contributed by atoms with van der Waals surface area (Å²) in [6.45, 7) is 1.57. The lowest BCUT2D eigenvalue weighted by Gasteiger charge is -2.19. The van der Waals surface area contributed by atoms with Gasteiger partial charge in [-0.25, -0.2) is 0 Å². The van der Waals surface area contributed by atoms with Gasteiger partial charge in [0.15, 0.2) is 11.5 Å². The van der Waals surface area contributed by atoms with Gasteiger partial charge in [0.1, 0.15) is 0 Å². The predicted octanol–water partition coefficient (Wildman–Crippen LogP) is 2.87. The van der Waals surface area contributed by atoms with Crippen LogP contribution in [0.3, 0.4) is 0 Å². The molecule has 9 heteroatoms. The fourth-order valence-corrected chi connectivity index (χ4v) is 2.69. The highest BCUT2D eigenvalue weighted by molar-refractivity contribution is 5.95. The standard InChI is InChI=1S/C19H20N2O7/c1-11-4-5-13(8-15(11)21(25)26)19(24)20-14(10-18(22)23)12-6-7-16(27-2)17(9-12)28-3/h4-9,14H,10H2,1-3H3,(H,20,24)(H,22,23). The molecule has 0 saturated heterocycles. The zero-order valence-electron chi connectivity index (χ0n) is 15.6. The smallest absolute Gasteiger partial charge is 0.305 e. The molecular formula is C19H20N2O7. The number of aliphatic carboxylic acids is 1. The van der Waals surface area contributed by atoms with Crippen molar-refractivity contribution in [3.05, 3.63) is 63.2 Å². The number of nitro benzene ring substituents is 1. The van der Waals surface area contributed by atoms with E-state index in [4.69, 9.17) is 9.47 Å². The lowest BCUT2D eigenvalue weighted by atomic mass is 10.0. The molecule has 0 radical (unpaired) electrons. The summed E-state index contributed by atoms with van der Waals surface area (Å²) >= 11 is 0. The fourth-order valence-electron chi connectivity index (χ4n) is 2.69. The minimum atomic E-state index is -1.12. The number of rotatable bonds is 8. The summed E-state index contributed by atoms with van der Waals surface area (Å²) in [5.74, 6) is -0.893. The van der Waals surface area contributed by atoms with E-state index in [-0.39, 0.29) is 17.7 Å². The van der Waals surface area contributed by atoms with E-state index in [0.29, 0.717) is 22.6 Å². The molecule has 0 aliphatic rings. The Balaban J connectivity index is 2.34. The third-order valence-corrected chi connectivity index (χ3v) is 4.16. The minimum Gasteiger partial charge on any atom is -0.493 e. The summed E-state index contributed by atoms with van der Waals surface area (Å²) in [5.41, 5.74) is 0.792. The first-order valence-corrected chi connectivity index (χ1v) is 8.26. The largest absolute Gasteiger partial charge is 0.493 e. The molecule has 148 valence electrons. The molecule has 28 heavy (non-hydrogen) atoms. The molecule has 0 spiro atoms. The van der Waals surface area contributed by atoms with Crippen molar-refractivity contribution >= 4 is 17.6 Å². The van der Waals surface area contributed by atoms with Crippen LogP contribution < -0.4 is 14.8 Å². The molecule has 1 unspecified atom stereocenters. The summed E-state index contributed by atoms with van der Waals surface area (Å²) in [6, 6.07) is 8.00. The van der Waals surface area contributed by atoms with Gasteiger partial charge >= 0.3 is 5.97 Å². The van der Waals surface area contributed by atoms with Crippen LogP contribution in [0, 0.1) is 17.0 Å². The Bertz CT molecular complexity index is 911. The highest BCUT2D eigenvalue weighted by atomic mass is 16.6. The Labute approximate surface area is 161 Å². The zero-order chi connectivity index (χ0) is 20.8. The quantitative estimate of drug-likeness (QED) is 0.525. The van der Waals surface area contributed by atoms with E-state index in [2.05, 4.69) is 5.32 Å². The summed E-state index contributed by atoms with van der Waals surface area (Å²) in [5, 5.41) is 22.9. The molecule has 0 aliphatic carbocycles. The Morgan fingerprint density at radius 3 is 2.39 bits per heavy atom. The van der Waals surface area contributed by atoms with Gasteiger partial charge in [0.05, 0.1) is 31.6 Å². The average molecular weight is 388 g/mol. The predicted molar refractivity (Wildman–Crippen MR) is 99.8 cm³/mol. The SMILES string of the molecule is COc1ccc(C(CC(=O)O)NC(=O)c2ccc(C)c([N+](=O)[O-])c2)cc1OC. The molecule has 0 fully saturated rings. The number of ether oxygens (including phenoxy) is 2. The monoisotopic (exact) mass is 388 g/mol. The first-order chi connectivity index (χ1) is 13.3. The molecule has 0 heterocycles. The van der Waals surface area contributed by atoms with E-state index in [1.807, 2.05) is 0 Å². The number of aryl methyl sites for hydroxylation is 1. The average Bonchev–Trinajstić information content (AvgIpc) is 2.66. The summed E-state index contributed by atoms with van der Waals surface area (Å²) < 4.78 is 10.4. The third-order valence-electron chi connectivity index (χ3n) is 4.16. The minimum absolute atomic E-state index is 0.0631. The number of amides is 1. The molecule has 1 atom stereocenters. The Kier molecular flexibility index (Phi) is 6.54. The number of methoxy groups -OCH3 is 2. The van der Waals surface area contributed by atoms with Gasteiger partial charge < -0.3 is 19.9 Å². The van der Waals surface area contributed by atoms with Crippen molar-refractivity contribution < 1.29 is 29.1 Å². The Morgan fingerprint density at radius 2 is 1.82 bits per heavy atom. The van der Waals surface area contributed by atoms with Crippen LogP contribution in [0.2, 0.25) is 0 Å². The number of nitro groups is 1. The number of benzene rings is 2. The second-order valence-electron chi connectivity index (χ2n) is 6.00. The van der Waals surface area contributed by atoms with Crippen LogP contribution in [0.5, 0.6) is 11.5 Å². The molecule has 9 nitrogen and oxygen atoms in total. The number of carboxylic acid groups (broad SMARTS) is 1. The summed E-state index contributed by atoms with van der Waals surface area (Å²) in [6.07, 6.45) is -0.380. The number of nitrogens with zero attached hydrogens (tertiary/aromatic N) is 1. The van der Waals surface area contributed by atoms with Gasteiger partial charge in [0.2, 0.25) is 0 Å². The maximum Gasteiger partial charge on any atom is 0.305 e.